The molecule has 0 radical (unpaired) electrons. The molecule has 94 valence electrons. The average molecular weight is 231 g/mol. The van der Waals surface area contributed by atoms with E-state index in [4.69, 9.17) is 9.47 Å². The molecule has 1 N–H and O–H groups in total. The maximum Gasteiger partial charge on any atom is 0.325 e. The minimum absolute atomic E-state index is 0.268. The van der Waals surface area contributed by atoms with Crippen LogP contribution in [0.2, 0.25) is 0 Å². The second-order valence-electron chi connectivity index (χ2n) is 4.71. The van der Waals surface area contributed by atoms with Crippen molar-refractivity contribution in [2.75, 3.05) is 33.4 Å². The lowest BCUT2D eigenvalue weighted by Gasteiger charge is -2.34. The van der Waals surface area contributed by atoms with Crippen molar-refractivity contribution in [3.63, 3.8) is 0 Å². The zero-order valence-electron chi connectivity index (χ0n) is 10.2. The molecule has 0 amide bonds. The molecule has 0 spiro atoms. The normalized spacial score (nSPS) is 23.1. The third-order valence-corrected chi connectivity index (χ3v) is 2.72. The molecule has 0 bridgehead atoms. The number of ether oxygens (including phenoxy) is 2. The molecule has 1 heterocycles. The second-order valence-corrected chi connectivity index (χ2v) is 4.71. The molecule has 0 aromatic rings. The summed E-state index contributed by atoms with van der Waals surface area (Å²) < 4.78 is 9.99. The van der Waals surface area contributed by atoms with Crippen LogP contribution in [0.5, 0.6) is 0 Å². The van der Waals surface area contributed by atoms with E-state index in [0.717, 1.165) is 0 Å². The topological polar surface area (TPSA) is 59.0 Å². The van der Waals surface area contributed by atoms with Crippen LogP contribution in [0.25, 0.3) is 0 Å². The highest BCUT2D eigenvalue weighted by molar-refractivity contribution is 5.75. The zero-order chi connectivity index (χ0) is 12.2. The Morgan fingerprint density at radius 3 is 2.88 bits per heavy atom. The highest BCUT2D eigenvalue weighted by Crippen LogP contribution is 2.13. The highest BCUT2D eigenvalue weighted by atomic mass is 16.5. The Morgan fingerprint density at radius 2 is 2.31 bits per heavy atom. The molecular formula is C11H21NO4. The van der Waals surface area contributed by atoms with Gasteiger partial charge in [-0.05, 0) is 20.3 Å². The van der Waals surface area contributed by atoms with Crippen molar-refractivity contribution in [2.24, 2.45) is 0 Å². The van der Waals surface area contributed by atoms with E-state index < -0.39 is 5.60 Å². The highest BCUT2D eigenvalue weighted by Gasteiger charge is 2.30. The van der Waals surface area contributed by atoms with E-state index in [2.05, 4.69) is 0 Å². The summed E-state index contributed by atoms with van der Waals surface area (Å²) in [4.78, 5) is 13.5. The number of aliphatic hydroxyl groups is 1. The Hall–Kier alpha value is -0.650. The van der Waals surface area contributed by atoms with E-state index in [1.54, 1.807) is 13.8 Å². The number of carbonyl (C=O) groups is 1. The molecular weight excluding hydrogens is 210 g/mol. The molecule has 1 aliphatic heterocycles. The number of methoxy groups -OCH3 is 1. The van der Waals surface area contributed by atoms with Crippen molar-refractivity contribution < 1.29 is 19.4 Å². The molecule has 0 aromatic carbocycles. The third kappa shape index (κ3) is 4.08. The van der Waals surface area contributed by atoms with Gasteiger partial charge in [0.15, 0.2) is 0 Å². The lowest BCUT2D eigenvalue weighted by Crippen LogP contribution is -2.51. The minimum Gasteiger partial charge on any atom is -0.468 e. The van der Waals surface area contributed by atoms with Crippen molar-refractivity contribution in [3.05, 3.63) is 0 Å². The van der Waals surface area contributed by atoms with E-state index in [1.807, 2.05) is 4.90 Å². The molecule has 5 heteroatoms. The van der Waals surface area contributed by atoms with E-state index in [9.17, 15) is 9.90 Å². The summed E-state index contributed by atoms with van der Waals surface area (Å²) in [6.45, 7) is 5.90. The minimum atomic E-state index is -0.709. The Morgan fingerprint density at radius 1 is 1.62 bits per heavy atom. The van der Waals surface area contributed by atoms with Gasteiger partial charge in [0.25, 0.3) is 0 Å². The van der Waals surface area contributed by atoms with Gasteiger partial charge in [-0.15, -0.1) is 0 Å². The summed E-state index contributed by atoms with van der Waals surface area (Å²) in [7, 11) is 1.38. The molecule has 1 saturated heterocycles. The SMILES string of the molecule is COC(=O)C1COCCN1CCC(C)(C)O. The van der Waals surface area contributed by atoms with Crippen molar-refractivity contribution >= 4 is 5.97 Å². The van der Waals surface area contributed by atoms with Crippen LogP contribution in [-0.2, 0) is 14.3 Å². The summed E-state index contributed by atoms with van der Waals surface area (Å²) in [5.41, 5.74) is -0.709. The van der Waals surface area contributed by atoms with Gasteiger partial charge in [0.05, 0.1) is 25.9 Å². The van der Waals surface area contributed by atoms with Crippen LogP contribution in [0.4, 0.5) is 0 Å². The van der Waals surface area contributed by atoms with E-state index in [-0.39, 0.29) is 12.0 Å². The van der Waals surface area contributed by atoms with Crippen LogP contribution in [0, 0.1) is 0 Å². The van der Waals surface area contributed by atoms with Gasteiger partial charge in [-0.2, -0.15) is 0 Å². The smallest absolute Gasteiger partial charge is 0.325 e. The standard InChI is InChI=1S/C11H21NO4/c1-11(2,14)4-5-12-6-7-16-8-9(12)10(13)15-3/h9,14H,4-8H2,1-3H3. The predicted molar refractivity (Wildman–Crippen MR) is 59.1 cm³/mol. The second kappa shape index (κ2) is 5.61. The van der Waals surface area contributed by atoms with Gasteiger partial charge in [-0.1, -0.05) is 0 Å². The van der Waals surface area contributed by atoms with Gasteiger partial charge < -0.3 is 14.6 Å². The maximum atomic E-state index is 11.5. The fourth-order valence-electron chi connectivity index (χ4n) is 1.68. The first-order chi connectivity index (χ1) is 7.44. The molecule has 1 unspecified atom stereocenters. The van der Waals surface area contributed by atoms with E-state index in [1.165, 1.54) is 7.11 Å². The third-order valence-electron chi connectivity index (χ3n) is 2.72. The van der Waals surface area contributed by atoms with Crippen LogP contribution < -0.4 is 0 Å². The van der Waals surface area contributed by atoms with E-state index >= 15 is 0 Å². The van der Waals surface area contributed by atoms with Crippen molar-refractivity contribution in [2.45, 2.75) is 31.9 Å². The largest absolute Gasteiger partial charge is 0.468 e. The van der Waals surface area contributed by atoms with Gasteiger partial charge >= 0.3 is 5.97 Å². The fourth-order valence-corrected chi connectivity index (χ4v) is 1.68. The Labute approximate surface area is 96.3 Å². The molecule has 1 fully saturated rings. The monoisotopic (exact) mass is 231 g/mol. The van der Waals surface area contributed by atoms with Crippen molar-refractivity contribution in [3.8, 4) is 0 Å². The van der Waals surface area contributed by atoms with Crippen LogP contribution >= 0.6 is 0 Å². The number of hydrogen-bond donors (Lipinski definition) is 1. The lowest BCUT2D eigenvalue weighted by atomic mass is 10.0. The van der Waals surface area contributed by atoms with Crippen LogP contribution in [0.1, 0.15) is 20.3 Å². The number of rotatable bonds is 4. The van der Waals surface area contributed by atoms with Crippen LogP contribution in [-0.4, -0.2) is 61.0 Å². The van der Waals surface area contributed by atoms with Gasteiger partial charge in [0.1, 0.15) is 6.04 Å². The quantitative estimate of drug-likeness (QED) is 0.691. The summed E-state index contributed by atoms with van der Waals surface area (Å²) in [5.74, 6) is -0.268. The van der Waals surface area contributed by atoms with Gasteiger partial charge in [0, 0.05) is 13.1 Å². The first-order valence-corrected chi connectivity index (χ1v) is 5.56. The molecule has 0 aliphatic carbocycles. The summed E-state index contributed by atoms with van der Waals surface area (Å²) >= 11 is 0. The Balaban J connectivity index is 2.50. The Kier molecular flexibility index (Phi) is 4.70. The number of hydrogen-bond acceptors (Lipinski definition) is 5. The first-order valence-electron chi connectivity index (χ1n) is 5.56. The molecule has 0 aromatic heterocycles. The first kappa shape index (κ1) is 13.4. The van der Waals surface area contributed by atoms with Gasteiger partial charge in [-0.25, -0.2) is 0 Å². The fraction of sp³-hybridized carbons (Fsp3) is 0.909. The van der Waals surface area contributed by atoms with Gasteiger partial charge in [0.2, 0.25) is 0 Å². The molecule has 1 atom stereocenters. The number of morpholine rings is 1. The molecule has 1 rings (SSSR count). The maximum absolute atomic E-state index is 11.5. The lowest BCUT2D eigenvalue weighted by molar-refractivity contribution is -0.153. The summed E-state index contributed by atoms with van der Waals surface area (Å²) in [6, 6.07) is -0.332. The van der Waals surface area contributed by atoms with Crippen LogP contribution in [0.15, 0.2) is 0 Å². The summed E-state index contributed by atoms with van der Waals surface area (Å²) in [5, 5.41) is 9.66. The molecule has 0 saturated carbocycles. The number of carbonyl (C=O) groups excluding carboxylic acids is 1. The molecule has 5 nitrogen and oxygen atoms in total. The van der Waals surface area contributed by atoms with Gasteiger partial charge in [-0.3, -0.25) is 9.69 Å². The Bertz CT molecular complexity index is 237. The molecule has 1 aliphatic rings. The van der Waals surface area contributed by atoms with Crippen LogP contribution in [0.3, 0.4) is 0 Å². The molecule has 16 heavy (non-hydrogen) atoms. The van der Waals surface area contributed by atoms with E-state index in [0.29, 0.717) is 32.7 Å². The van der Waals surface area contributed by atoms with Crippen molar-refractivity contribution in [1.82, 2.24) is 4.90 Å². The zero-order valence-corrected chi connectivity index (χ0v) is 10.2. The summed E-state index contributed by atoms with van der Waals surface area (Å²) in [6.07, 6.45) is 0.625. The number of esters is 1. The predicted octanol–water partition coefficient (Wildman–Crippen LogP) is 0.0212. The average Bonchev–Trinajstić information content (AvgIpc) is 2.25. The van der Waals surface area contributed by atoms with Crippen molar-refractivity contribution in [1.29, 1.82) is 0 Å². The number of nitrogens with zero attached hydrogens (tertiary/aromatic N) is 1.